The minimum atomic E-state index is 1.13. The molecule has 2 nitrogen and oxygen atoms in total. The average molecular weight is 242 g/mol. The minimum absolute atomic E-state index is 1.13. The molecule has 0 unspecified atom stereocenters. The standard InChI is InChI=1S/C14H16N2.C2H6/c1-11-5-4-6-12-9-14(15-10-13(11)12)16-7-2-3-8-16;1-2/h4-6,9-10H,2-3,7-8H2,1H3;1-2H3. The summed E-state index contributed by atoms with van der Waals surface area (Å²) in [6.07, 6.45) is 4.61. The molecular formula is C16H22N2. The van der Waals surface area contributed by atoms with E-state index in [0.29, 0.717) is 0 Å². The fourth-order valence-corrected chi connectivity index (χ4v) is 2.43. The number of benzene rings is 1. The maximum absolute atomic E-state index is 4.58. The highest BCUT2D eigenvalue weighted by Gasteiger charge is 2.13. The van der Waals surface area contributed by atoms with Gasteiger partial charge in [-0.2, -0.15) is 0 Å². The number of nitrogens with zero attached hydrogens (tertiary/aromatic N) is 2. The van der Waals surface area contributed by atoms with Crippen molar-refractivity contribution in [1.82, 2.24) is 4.98 Å². The first-order valence-electron chi connectivity index (χ1n) is 6.95. The Balaban J connectivity index is 0.000000574. The fraction of sp³-hybridized carbons (Fsp3) is 0.438. The summed E-state index contributed by atoms with van der Waals surface area (Å²) in [7, 11) is 0. The van der Waals surface area contributed by atoms with Crippen molar-refractivity contribution in [3.63, 3.8) is 0 Å². The molecule has 1 aromatic heterocycles. The summed E-state index contributed by atoms with van der Waals surface area (Å²) < 4.78 is 0. The van der Waals surface area contributed by atoms with E-state index in [9.17, 15) is 0 Å². The molecule has 0 saturated carbocycles. The predicted molar refractivity (Wildman–Crippen MR) is 79.3 cm³/mol. The van der Waals surface area contributed by atoms with Crippen LogP contribution in [0.15, 0.2) is 30.5 Å². The van der Waals surface area contributed by atoms with E-state index in [0.717, 1.165) is 18.9 Å². The quantitative estimate of drug-likeness (QED) is 0.746. The van der Waals surface area contributed by atoms with E-state index in [1.807, 2.05) is 20.0 Å². The molecule has 2 aromatic rings. The Labute approximate surface area is 110 Å². The van der Waals surface area contributed by atoms with Crippen LogP contribution in [0.5, 0.6) is 0 Å². The first kappa shape index (κ1) is 12.9. The van der Waals surface area contributed by atoms with Gasteiger partial charge < -0.3 is 4.90 Å². The lowest BCUT2D eigenvalue weighted by atomic mass is 10.1. The lowest BCUT2D eigenvalue weighted by molar-refractivity contribution is 0.940. The highest BCUT2D eigenvalue weighted by molar-refractivity contribution is 5.86. The van der Waals surface area contributed by atoms with Gasteiger partial charge in [0.2, 0.25) is 0 Å². The van der Waals surface area contributed by atoms with Crippen LogP contribution in [-0.4, -0.2) is 18.1 Å². The molecule has 0 spiro atoms. The van der Waals surface area contributed by atoms with Gasteiger partial charge >= 0.3 is 0 Å². The van der Waals surface area contributed by atoms with Gasteiger partial charge in [0.15, 0.2) is 0 Å². The first-order chi connectivity index (χ1) is 8.84. The van der Waals surface area contributed by atoms with Crippen LogP contribution >= 0.6 is 0 Å². The molecule has 1 aliphatic heterocycles. The summed E-state index contributed by atoms with van der Waals surface area (Å²) in [5.74, 6) is 1.13. The number of aryl methyl sites for hydroxylation is 1. The summed E-state index contributed by atoms with van der Waals surface area (Å²) in [6.45, 7) is 8.45. The second-order valence-corrected chi connectivity index (χ2v) is 4.53. The van der Waals surface area contributed by atoms with Crippen LogP contribution in [0.1, 0.15) is 32.3 Å². The maximum Gasteiger partial charge on any atom is 0.129 e. The molecule has 0 amide bonds. The number of anilines is 1. The molecule has 0 N–H and O–H groups in total. The van der Waals surface area contributed by atoms with E-state index < -0.39 is 0 Å². The summed E-state index contributed by atoms with van der Waals surface area (Å²) in [5, 5.41) is 2.57. The van der Waals surface area contributed by atoms with Gasteiger partial charge in [-0.05, 0) is 36.8 Å². The first-order valence-corrected chi connectivity index (χ1v) is 6.95. The molecule has 1 aliphatic rings. The molecule has 1 fully saturated rings. The van der Waals surface area contributed by atoms with Gasteiger partial charge in [-0.3, -0.25) is 0 Å². The minimum Gasteiger partial charge on any atom is -0.357 e. The van der Waals surface area contributed by atoms with Crippen molar-refractivity contribution >= 4 is 16.6 Å². The van der Waals surface area contributed by atoms with Gasteiger partial charge in [0.25, 0.3) is 0 Å². The van der Waals surface area contributed by atoms with Crippen LogP contribution in [-0.2, 0) is 0 Å². The molecule has 18 heavy (non-hydrogen) atoms. The highest BCUT2D eigenvalue weighted by Crippen LogP contribution is 2.24. The monoisotopic (exact) mass is 242 g/mol. The third-order valence-corrected chi connectivity index (χ3v) is 3.40. The molecule has 0 bridgehead atoms. The van der Waals surface area contributed by atoms with Crippen LogP contribution in [0, 0.1) is 6.92 Å². The lowest BCUT2D eigenvalue weighted by Crippen LogP contribution is -2.18. The van der Waals surface area contributed by atoms with Crippen LogP contribution < -0.4 is 4.90 Å². The van der Waals surface area contributed by atoms with Crippen LogP contribution in [0.3, 0.4) is 0 Å². The Morgan fingerprint density at radius 3 is 2.56 bits per heavy atom. The average Bonchev–Trinajstić information content (AvgIpc) is 2.95. The van der Waals surface area contributed by atoms with Crippen LogP contribution in [0.4, 0.5) is 5.82 Å². The molecule has 0 atom stereocenters. The lowest BCUT2D eigenvalue weighted by Gasteiger charge is -2.16. The molecular weight excluding hydrogens is 220 g/mol. The zero-order valence-electron chi connectivity index (χ0n) is 11.6. The van der Waals surface area contributed by atoms with Crippen LogP contribution in [0.2, 0.25) is 0 Å². The van der Waals surface area contributed by atoms with E-state index in [2.05, 4.69) is 41.1 Å². The van der Waals surface area contributed by atoms with E-state index >= 15 is 0 Å². The molecule has 96 valence electrons. The van der Waals surface area contributed by atoms with Gasteiger partial charge in [-0.15, -0.1) is 0 Å². The number of hydrogen-bond acceptors (Lipinski definition) is 2. The second-order valence-electron chi connectivity index (χ2n) is 4.53. The number of pyridine rings is 1. The van der Waals surface area contributed by atoms with Gasteiger partial charge in [0, 0.05) is 24.7 Å². The van der Waals surface area contributed by atoms with Gasteiger partial charge in [-0.1, -0.05) is 32.0 Å². The Morgan fingerprint density at radius 2 is 1.83 bits per heavy atom. The van der Waals surface area contributed by atoms with Crippen molar-refractivity contribution in [3.8, 4) is 0 Å². The van der Waals surface area contributed by atoms with Gasteiger partial charge in [0.05, 0.1) is 0 Å². The largest absolute Gasteiger partial charge is 0.357 e. The molecule has 3 rings (SSSR count). The number of aromatic nitrogens is 1. The van der Waals surface area contributed by atoms with E-state index in [1.165, 1.54) is 29.2 Å². The van der Waals surface area contributed by atoms with Crippen molar-refractivity contribution in [1.29, 1.82) is 0 Å². The number of fused-ring (bicyclic) bond motifs is 1. The summed E-state index contributed by atoms with van der Waals surface area (Å²) in [4.78, 5) is 6.95. The van der Waals surface area contributed by atoms with Crippen LogP contribution in [0.25, 0.3) is 10.8 Å². The smallest absolute Gasteiger partial charge is 0.129 e. The number of rotatable bonds is 1. The van der Waals surface area contributed by atoms with E-state index in [-0.39, 0.29) is 0 Å². The summed E-state index contributed by atoms with van der Waals surface area (Å²) in [5.41, 5.74) is 1.30. The molecule has 2 heteroatoms. The van der Waals surface area contributed by atoms with Crippen molar-refractivity contribution < 1.29 is 0 Å². The van der Waals surface area contributed by atoms with Gasteiger partial charge in [0.1, 0.15) is 5.82 Å². The predicted octanol–water partition coefficient (Wildman–Crippen LogP) is 4.17. The third-order valence-electron chi connectivity index (χ3n) is 3.40. The van der Waals surface area contributed by atoms with Crippen molar-refractivity contribution in [2.45, 2.75) is 33.6 Å². The zero-order chi connectivity index (χ0) is 13.0. The maximum atomic E-state index is 4.58. The van der Waals surface area contributed by atoms with Crippen molar-refractivity contribution in [2.24, 2.45) is 0 Å². The zero-order valence-corrected chi connectivity index (χ0v) is 11.6. The molecule has 0 aliphatic carbocycles. The Kier molecular flexibility index (Phi) is 4.19. The van der Waals surface area contributed by atoms with Crippen molar-refractivity contribution in [3.05, 3.63) is 36.0 Å². The topological polar surface area (TPSA) is 16.1 Å². The van der Waals surface area contributed by atoms with E-state index in [1.54, 1.807) is 0 Å². The SMILES string of the molecule is CC.Cc1cccc2cc(N3CCCC3)ncc12. The van der Waals surface area contributed by atoms with E-state index in [4.69, 9.17) is 0 Å². The van der Waals surface area contributed by atoms with Crippen molar-refractivity contribution in [2.75, 3.05) is 18.0 Å². The normalized spacial score (nSPS) is 14.5. The fourth-order valence-electron chi connectivity index (χ4n) is 2.43. The highest BCUT2D eigenvalue weighted by atomic mass is 15.2. The molecule has 1 aromatic carbocycles. The molecule has 1 saturated heterocycles. The third kappa shape index (κ3) is 2.47. The Morgan fingerprint density at radius 1 is 1.11 bits per heavy atom. The molecule has 0 radical (unpaired) electrons. The second kappa shape index (κ2) is 5.85. The summed E-state index contributed by atoms with van der Waals surface area (Å²) >= 11 is 0. The Bertz CT molecular complexity index is 513. The Hall–Kier alpha value is -1.57. The molecule has 2 heterocycles. The van der Waals surface area contributed by atoms with Gasteiger partial charge in [-0.25, -0.2) is 4.98 Å². The summed E-state index contributed by atoms with van der Waals surface area (Å²) in [6, 6.07) is 8.64. The number of hydrogen-bond donors (Lipinski definition) is 0.